The number of nitrogens with zero attached hydrogens (tertiary/aromatic N) is 1. The van der Waals surface area contributed by atoms with Gasteiger partial charge in [0.1, 0.15) is 0 Å². The zero-order valence-corrected chi connectivity index (χ0v) is 9.17. The maximum atomic E-state index is 12.4. The van der Waals surface area contributed by atoms with E-state index in [0.717, 1.165) is 17.7 Å². The Kier molecular flexibility index (Phi) is 3.35. The van der Waals surface area contributed by atoms with Gasteiger partial charge < -0.3 is 0 Å². The first-order valence-electron chi connectivity index (χ1n) is 5.48. The molecule has 2 rings (SSSR count). The third kappa shape index (κ3) is 2.76. The highest BCUT2D eigenvalue weighted by molar-refractivity contribution is 5.29. The first-order chi connectivity index (χ1) is 8.01. The van der Waals surface area contributed by atoms with E-state index in [1.165, 1.54) is 0 Å². The minimum Gasteiger partial charge on any atom is -0.271 e. The molecule has 0 saturated heterocycles. The quantitative estimate of drug-likeness (QED) is 0.631. The second-order valence-corrected chi connectivity index (χ2v) is 4.29. The smallest absolute Gasteiger partial charge is 0.271 e. The normalized spacial score (nSPS) is 21.3. The number of hydrogen-bond donors (Lipinski definition) is 2. The van der Waals surface area contributed by atoms with Gasteiger partial charge in [-0.1, -0.05) is 6.07 Å². The number of fused-ring (bicyclic) bond motifs is 1. The summed E-state index contributed by atoms with van der Waals surface area (Å²) in [6, 6.07) is 2.91. The summed E-state index contributed by atoms with van der Waals surface area (Å²) < 4.78 is 37.2. The van der Waals surface area contributed by atoms with E-state index in [1.54, 1.807) is 12.3 Å². The van der Waals surface area contributed by atoms with Crippen molar-refractivity contribution in [3.8, 4) is 0 Å². The van der Waals surface area contributed by atoms with Gasteiger partial charge in [0.25, 0.3) is 0 Å². The van der Waals surface area contributed by atoms with E-state index in [4.69, 9.17) is 5.84 Å². The van der Waals surface area contributed by atoms with Gasteiger partial charge in [0.15, 0.2) is 0 Å². The molecular formula is C11H14F3N3. The predicted molar refractivity (Wildman–Crippen MR) is 57.1 cm³/mol. The van der Waals surface area contributed by atoms with Crippen LogP contribution in [-0.2, 0) is 6.42 Å². The molecule has 17 heavy (non-hydrogen) atoms. The number of hydrogen-bond acceptors (Lipinski definition) is 3. The highest BCUT2D eigenvalue weighted by Crippen LogP contribution is 2.37. The Morgan fingerprint density at radius 3 is 2.94 bits per heavy atom. The molecule has 1 aromatic heterocycles. The Balaban J connectivity index is 2.17. The van der Waals surface area contributed by atoms with Crippen molar-refractivity contribution in [1.82, 2.24) is 10.4 Å². The number of halogens is 3. The number of nitrogens with two attached hydrogens (primary N) is 1. The highest BCUT2D eigenvalue weighted by Gasteiger charge is 2.38. The summed E-state index contributed by atoms with van der Waals surface area (Å²) >= 11 is 0. The molecule has 0 saturated carbocycles. The summed E-state index contributed by atoms with van der Waals surface area (Å²) in [5, 5.41) is 0. The number of aryl methyl sites for hydroxylation is 1. The first-order valence-corrected chi connectivity index (χ1v) is 5.48. The minimum absolute atomic E-state index is 0.252. The molecule has 0 aromatic carbocycles. The molecule has 3 N–H and O–H groups in total. The van der Waals surface area contributed by atoms with E-state index in [-0.39, 0.29) is 5.92 Å². The van der Waals surface area contributed by atoms with Crippen LogP contribution in [0.25, 0.3) is 0 Å². The van der Waals surface area contributed by atoms with Crippen LogP contribution in [0, 0.1) is 0 Å². The Bertz CT molecular complexity index is 392. The average Bonchev–Trinajstić information content (AvgIpc) is 2.68. The van der Waals surface area contributed by atoms with Crippen molar-refractivity contribution in [3.63, 3.8) is 0 Å². The first kappa shape index (κ1) is 12.3. The van der Waals surface area contributed by atoms with Gasteiger partial charge in [0.05, 0.1) is 6.42 Å². The minimum atomic E-state index is -4.21. The lowest BCUT2D eigenvalue weighted by Crippen LogP contribution is -2.42. The molecule has 2 unspecified atom stereocenters. The van der Waals surface area contributed by atoms with Gasteiger partial charge in [0.2, 0.25) is 0 Å². The van der Waals surface area contributed by atoms with Gasteiger partial charge in [-0.25, -0.2) is 0 Å². The summed E-state index contributed by atoms with van der Waals surface area (Å²) in [4.78, 5) is 4.18. The lowest BCUT2D eigenvalue weighted by atomic mass is 9.94. The molecule has 94 valence electrons. The van der Waals surface area contributed by atoms with Crippen LogP contribution in [0.15, 0.2) is 18.3 Å². The SMILES string of the molecule is NNC(CC(F)(F)F)C1CCc2cccnc21. The monoisotopic (exact) mass is 245 g/mol. The van der Waals surface area contributed by atoms with Crippen molar-refractivity contribution in [3.05, 3.63) is 29.6 Å². The van der Waals surface area contributed by atoms with Gasteiger partial charge in [-0.3, -0.25) is 16.3 Å². The van der Waals surface area contributed by atoms with E-state index in [9.17, 15) is 13.2 Å². The maximum absolute atomic E-state index is 12.4. The van der Waals surface area contributed by atoms with Crippen LogP contribution in [0.4, 0.5) is 13.2 Å². The fraction of sp³-hybridized carbons (Fsp3) is 0.545. The number of alkyl halides is 3. The molecule has 3 nitrogen and oxygen atoms in total. The number of hydrazine groups is 1. The van der Waals surface area contributed by atoms with Crippen molar-refractivity contribution in [2.24, 2.45) is 5.84 Å². The molecule has 2 atom stereocenters. The van der Waals surface area contributed by atoms with Crippen LogP contribution in [-0.4, -0.2) is 17.2 Å². The van der Waals surface area contributed by atoms with Crippen LogP contribution in [0.2, 0.25) is 0 Å². The third-order valence-corrected chi connectivity index (χ3v) is 3.15. The number of aromatic nitrogens is 1. The summed E-state index contributed by atoms with van der Waals surface area (Å²) in [7, 11) is 0. The molecule has 1 aliphatic rings. The summed E-state index contributed by atoms with van der Waals surface area (Å²) in [6.07, 6.45) is -2.10. The fourth-order valence-electron chi connectivity index (χ4n) is 2.40. The third-order valence-electron chi connectivity index (χ3n) is 3.15. The van der Waals surface area contributed by atoms with Crippen LogP contribution in [0.3, 0.4) is 0 Å². The van der Waals surface area contributed by atoms with E-state index < -0.39 is 18.6 Å². The Hall–Kier alpha value is -1.14. The molecule has 1 heterocycles. The van der Waals surface area contributed by atoms with E-state index in [0.29, 0.717) is 6.42 Å². The van der Waals surface area contributed by atoms with Gasteiger partial charge >= 0.3 is 6.18 Å². The Labute approximate surface area is 97.2 Å². The van der Waals surface area contributed by atoms with Crippen LogP contribution >= 0.6 is 0 Å². The van der Waals surface area contributed by atoms with Crippen LogP contribution in [0.1, 0.15) is 30.0 Å². The van der Waals surface area contributed by atoms with Gasteiger partial charge in [-0.05, 0) is 24.5 Å². The lowest BCUT2D eigenvalue weighted by Gasteiger charge is -2.24. The zero-order valence-electron chi connectivity index (χ0n) is 9.17. The Morgan fingerprint density at radius 2 is 2.29 bits per heavy atom. The van der Waals surface area contributed by atoms with E-state index >= 15 is 0 Å². The van der Waals surface area contributed by atoms with Crippen LogP contribution in [0.5, 0.6) is 0 Å². The molecule has 0 radical (unpaired) electrons. The van der Waals surface area contributed by atoms with Gasteiger partial charge in [-0.2, -0.15) is 13.2 Å². The van der Waals surface area contributed by atoms with Crippen molar-refractivity contribution < 1.29 is 13.2 Å². The molecule has 1 aromatic rings. The van der Waals surface area contributed by atoms with E-state index in [1.807, 2.05) is 6.07 Å². The summed E-state index contributed by atoms with van der Waals surface area (Å²) in [6.45, 7) is 0. The second kappa shape index (κ2) is 4.62. The summed E-state index contributed by atoms with van der Waals surface area (Å²) in [5.74, 6) is 4.99. The van der Waals surface area contributed by atoms with Crippen molar-refractivity contribution in [2.75, 3.05) is 0 Å². The molecule has 0 fully saturated rings. The van der Waals surface area contributed by atoms with Crippen molar-refractivity contribution in [2.45, 2.75) is 37.4 Å². The molecule has 0 aliphatic heterocycles. The van der Waals surface area contributed by atoms with E-state index in [2.05, 4.69) is 10.4 Å². The largest absolute Gasteiger partial charge is 0.390 e. The molecular weight excluding hydrogens is 231 g/mol. The predicted octanol–water partition coefficient (Wildman–Crippen LogP) is 1.90. The number of rotatable bonds is 3. The fourth-order valence-corrected chi connectivity index (χ4v) is 2.40. The second-order valence-electron chi connectivity index (χ2n) is 4.29. The van der Waals surface area contributed by atoms with Gasteiger partial charge in [-0.15, -0.1) is 0 Å². The molecule has 1 aliphatic carbocycles. The van der Waals surface area contributed by atoms with Crippen LogP contribution < -0.4 is 11.3 Å². The van der Waals surface area contributed by atoms with Crippen molar-refractivity contribution in [1.29, 1.82) is 0 Å². The Morgan fingerprint density at radius 1 is 1.53 bits per heavy atom. The topological polar surface area (TPSA) is 50.9 Å². The lowest BCUT2D eigenvalue weighted by molar-refractivity contribution is -0.141. The van der Waals surface area contributed by atoms with Crippen molar-refractivity contribution >= 4 is 0 Å². The molecule has 6 heteroatoms. The molecule has 0 spiro atoms. The standard InChI is InChI=1S/C11H14F3N3/c12-11(13,14)6-9(17-15)8-4-3-7-2-1-5-16-10(7)8/h1-2,5,8-9,17H,3-4,6,15H2. The maximum Gasteiger partial charge on any atom is 0.390 e. The molecule has 0 bridgehead atoms. The zero-order chi connectivity index (χ0) is 12.5. The number of nitrogens with one attached hydrogen (secondary N) is 1. The van der Waals surface area contributed by atoms with Gasteiger partial charge in [0, 0.05) is 23.9 Å². The number of pyridine rings is 1. The molecule has 0 amide bonds. The average molecular weight is 245 g/mol. The summed E-state index contributed by atoms with van der Waals surface area (Å²) in [5.41, 5.74) is 4.06. The highest BCUT2D eigenvalue weighted by atomic mass is 19.4.